The molecule has 3 N–H and O–H groups in total. The van der Waals surface area contributed by atoms with Gasteiger partial charge in [-0.05, 0) is 23.3 Å². The predicted molar refractivity (Wildman–Crippen MR) is 77.4 cm³/mol. The Morgan fingerprint density at radius 1 is 1.18 bits per heavy atom. The molecule has 0 aromatic heterocycles. The number of aliphatic hydroxyl groups excluding tert-OH is 1. The van der Waals surface area contributed by atoms with E-state index in [1.807, 2.05) is 24.3 Å². The van der Waals surface area contributed by atoms with Crippen LogP contribution in [0.25, 0.3) is 0 Å². The van der Waals surface area contributed by atoms with Crippen molar-refractivity contribution in [1.29, 1.82) is 0 Å². The Kier molecular flexibility index (Phi) is 3.77. The smallest absolute Gasteiger partial charge is 0.319 e. The van der Waals surface area contributed by atoms with Gasteiger partial charge < -0.3 is 15.7 Å². The fourth-order valence-corrected chi connectivity index (χ4v) is 2.64. The van der Waals surface area contributed by atoms with Gasteiger partial charge >= 0.3 is 6.03 Å². The van der Waals surface area contributed by atoms with Gasteiger partial charge in [0, 0.05) is 12.5 Å². The third kappa shape index (κ3) is 2.78. The molecule has 6 heteroatoms. The van der Waals surface area contributed by atoms with Crippen molar-refractivity contribution < 1.29 is 18.7 Å². The number of hydrogen-bond acceptors (Lipinski definition) is 2. The number of benzene rings is 2. The van der Waals surface area contributed by atoms with Crippen LogP contribution in [0.4, 0.5) is 19.3 Å². The highest BCUT2D eigenvalue weighted by atomic mass is 19.1. The van der Waals surface area contributed by atoms with Gasteiger partial charge in [0.15, 0.2) is 0 Å². The van der Waals surface area contributed by atoms with Crippen LogP contribution >= 0.6 is 0 Å². The van der Waals surface area contributed by atoms with Crippen LogP contribution in [0.1, 0.15) is 17.2 Å². The molecule has 0 fully saturated rings. The summed E-state index contributed by atoms with van der Waals surface area (Å²) in [5.41, 5.74) is 1.53. The number of carbonyl (C=O) groups excluding carboxylic acids is 1. The molecule has 0 aliphatic heterocycles. The number of urea groups is 1. The highest BCUT2D eigenvalue weighted by Crippen LogP contribution is 2.31. The molecule has 0 saturated carbocycles. The molecule has 1 aliphatic rings. The maximum atomic E-state index is 13.5. The van der Waals surface area contributed by atoms with Gasteiger partial charge in [0.2, 0.25) is 0 Å². The van der Waals surface area contributed by atoms with E-state index in [4.69, 9.17) is 0 Å². The number of anilines is 1. The number of amides is 2. The molecule has 3 rings (SSSR count). The molecule has 2 aromatic carbocycles. The molecule has 2 amide bonds. The minimum absolute atomic E-state index is 0.252. The van der Waals surface area contributed by atoms with Gasteiger partial charge in [-0.25, -0.2) is 13.6 Å². The number of carbonyl (C=O) groups is 1. The van der Waals surface area contributed by atoms with Gasteiger partial charge in [-0.15, -0.1) is 0 Å². The van der Waals surface area contributed by atoms with Gasteiger partial charge in [-0.1, -0.05) is 24.3 Å². The molecule has 4 nitrogen and oxygen atoms in total. The van der Waals surface area contributed by atoms with Crippen LogP contribution in [0, 0.1) is 11.6 Å². The summed E-state index contributed by atoms with van der Waals surface area (Å²) in [5, 5.41) is 14.9. The first kappa shape index (κ1) is 14.5. The van der Waals surface area contributed by atoms with Crippen LogP contribution in [0.2, 0.25) is 0 Å². The van der Waals surface area contributed by atoms with Crippen LogP contribution in [0.15, 0.2) is 42.5 Å². The summed E-state index contributed by atoms with van der Waals surface area (Å²) < 4.78 is 26.6. The molecule has 0 heterocycles. The van der Waals surface area contributed by atoms with E-state index in [0.29, 0.717) is 6.42 Å². The standard InChI is InChI=1S/C16H14F2N2O2/c17-10-5-6-12(18)13(8-10)19-16(22)20-15-11-4-2-1-3-9(11)7-14(15)21/h1-6,8,14-15,21H,7H2,(H2,19,20,22)/t14-,15+/m0/s1. The van der Waals surface area contributed by atoms with Crippen LogP contribution in [0.3, 0.4) is 0 Å². The monoisotopic (exact) mass is 304 g/mol. The third-order valence-electron chi connectivity index (χ3n) is 3.67. The number of halogens is 2. The zero-order valence-electron chi connectivity index (χ0n) is 11.5. The second-order valence-electron chi connectivity index (χ2n) is 5.17. The SMILES string of the molecule is O=C(Nc1cc(F)ccc1F)N[C@@H]1c2ccccc2C[C@@H]1O. The lowest BCUT2D eigenvalue weighted by Gasteiger charge is -2.18. The van der Waals surface area contributed by atoms with E-state index in [2.05, 4.69) is 10.6 Å². The van der Waals surface area contributed by atoms with E-state index in [0.717, 1.165) is 29.3 Å². The van der Waals surface area contributed by atoms with E-state index in [1.165, 1.54) is 0 Å². The average molecular weight is 304 g/mol. The van der Waals surface area contributed by atoms with Crippen LogP contribution in [-0.4, -0.2) is 17.2 Å². The summed E-state index contributed by atoms with van der Waals surface area (Å²) in [4.78, 5) is 12.0. The normalized spacial score (nSPS) is 19.6. The van der Waals surface area contributed by atoms with Crippen LogP contribution in [-0.2, 0) is 6.42 Å². The van der Waals surface area contributed by atoms with Gasteiger partial charge in [0.1, 0.15) is 11.6 Å². The summed E-state index contributed by atoms with van der Waals surface area (Å²) in [6.07, 6.45) is -0.310. The highest BCUT2D eigenvalue weighted by molar-refractivity contribution is 5.89. The maximum absolute atomic E-state index is 13.5. The van der Waals surface area contributed by atoms with Crippen molar-refractivity contribution in [2.24, 2.45) is 0 Å². The van der Waals surface area contributed by atoms with Gasteiger partial charge in [-0.2, -0.15) is 0 Å². The lowest BCUT2D eigenvalue weighted by atomic mass is 10.1. The lowest BCUT2D eigenvalue weighted by molar-refractivity contribution is 0.144. The first-order valence-electron chi connectivity index (χ1n) is 6.83. The van der Waals surface area contributed by atoms with Crippen molar-refractivity contribution in [1.82, 2.24) is 5.32 Å². The van der Waals surface area contributed by atoms with Crippen molar-refractivity contribution >= 4 is 11.7 Å². The van der Waals surface area contributed by atoms with Crippen molar-refractivity contribution in [2.45, 2.75) is 18.6 Å². The lowest BCUT2D eigenvalue weighted by Crippen LogP contribution is -2.37. The average Bonchev–Trinajstić information content (AvgIpc) is 2.79. The molecular formula is C16H14F2N2O2. The Labute approximate surface area is 125 Å². The quantitative estimate of drug-likeness (QED) is 0.799. The van der Waals surface area contributed by atoms with E-state index >= 15 is 0 Å². The Morgan fingerprint density at radius 2 is 1.95 bits per heavy atom. The summed E-state index contributed by atoms with van der Waals surface area (Å²) in [6, 6.07) is 8.89. The highest BCUT2D eigenvalue weighted by Gasteiger charge is 2.31. The maximum Gasteiger partial charge on any atom is 0.319 e. The van der Waals surface area contributed by atoms with E-state index < -0.39 is 29.8 Å². The van der Waals surface area contributed by atoms with Crippen LogP contribution in [0.5, 0.6) is 0 Å². The molecule has 0 radical (unpaired) electrons. The molecule has 0 bridgehead atoms. The number of fused-ring (bicyclic) bond motifs is 1. The minimum atomic E-state index is -0.750. The van der Waals surface area contributed by atoms with Crippen LogP contribution < -0.4 is 10.6 Å². The van der Waals surface area contributed by atoms with Crippen molar-refractivity contribution in [3.05, 3.63) is 65.2 Å². The van der Waals surface area contributed by atoms with Gasteiger partial charge in [0.25, 0.3) is 0 Å². The second-order valence-corrected chi connectivity index (χ2v) is 5.17. The summed E-state index contributed by atoms with van der Waals surface area (Å²) in [7, 11) is 0. The van der Waals surface area contributed by atoms with Gasteiger partial charge in [0.05, 0.1) is 17.8 Å². The largest absolute Gasteiger partial charge is 0.390 e. The number of hydrogen-bond donors (Lipinski definition) is 3. The molecule has 114 valence electrons. The molecule has 0 unspecified atom stereocenters. The van der Waals surface area contributed by atoms with Crippen molar-refractivity contribution in [3.63, 3.8) is 0 Å². The number of nitrogens with one attached hydrogen (secondary N) is 2. The van der Waals surface area contributed by atoms with Gasteiger partial charge in [-0.3, -0.25) is 0 Å². The Balaban J connectivity index is 1.73. The van der Waals surface area contributed by atoms with Crippen molar-refractivity contribution in [3.8, 4) is 0 Å². The molecule has 0 spiro atoms. The molecule has 22 heavy (non-hydrogen) atoms. The second kappa shape index (κ2) is 5.73. The van der Waals surface area contributed by atoms with E-state index in [-0.39, 0.29) is 5.69 Å². The topological polar surface area (TPSA) is 61.4 Å². The fourth-order valence-electron chi connectivity index (χ4n) is 2.64. The Morgan fingerprint density at radius 3 is 2.77 bits per heavy atom. The van der Waals surface area contributed by atoms with E-state index in [9.17, 15) is 18.7 Å². The zero-order chi connectivity index (χ0) is 15.7. The first-order valence-corrected chi connectivity index (χ1v) is 6.83. The minimum Gasteiger partial charge on any atom is -0.390 e. The first-order chi connectivity index (χ1) is 10.5. The molecular weight excluding hydrogens is 290 g/mol. The zero-order valence-corrected chi connectivity index (χ0v) is 11.5. The fraction of sp³-hybridized carbons (Fsp3) is 0.188. The summed E-state index contributed by atoms with van der Waals surface area (Å²) in [6.45, 7) is 0. The van der Waals surface area contributed by atoms with E-state index in [1.54, 1.807) is 0 Å². The molecule has 1 aliphatic carbocycles. The van der Waals surface area contributed by atoms with Crippen molar-refractivity contribution in [2.75, 3.05) is 5.32 Å². The Bertz CT molecular complexity index is 721. The number of aliphatic hydroxyl groups is 1. The third-order valence-corrected chi connectivity index (χ3v) is 3.67. The molecule has 2 atom stereocenters. The molecule has 0 saturated heterocycles. The predicted octanol–water partition coefficient (Wildman–Crippen LogP) is 2.74. The Hall–Kier alpha value is -2.47. The summed E-state index contributed by atoms with van der Waals surface area (Å²) in [5.74, 6) is -1.38. The number of rotatable bonds is 2. The summed E-state index contributed by atoms with van der Waals surface area (Å²) >= 11 is 0. The molecule has 2 aromatic rings.